The van der Waals surface area contributed by atoms with Gasteiger partial charge >= 0.3 is 11.9 Å². The number of hydrogen-bond acceptors (Lipinski definition) is 5. The summed E-state index contributed by atoms with van der Waals surface area (Å²) in [5.41, 5.74) is 0. The molecule has 0 bridgehead atoms. The molecule has 0 amide bonds. The molecule has 0 aromatic carbocycles. The molecule has 0 aromatic heterocycles. The number of carbonyl (C=O) groups is 2. The Labute approximate surface area is 236 Å². The lowest BCUT2D eigenvalue weighted by atomic mass is 10.0. The number of esters is 2. The van der Waals surface area contributed by atoms with Crippen LogP contribution in [0.5, 0.6) is 0 Å². The molecule has 0 saturated heterocycles. The van der Waals surface area contributed by atoms with Crippen molar-refractivity contribution in [3.8, 4) is 0 Å². The summed E-state index contributed by atoms with van der Waals surface area (Å²) in [4.78, 5) is 23.7. The van der Waals surface area contributed by atoms with Crippen LogP contribution in [0.1, 0.15) is 181 Å². The highest BCUT2D eigenvalue weighted by Crippen LogP contribution is 2.14. The first-order valence-electron chi connectivity index (χ1n) is 16.6. The van der Waals surface area contributed by atoms with Gasteiger partial charge in [0, 0.05) is 12.8 Å². The van der Waals surface area contributed by atoms with E-state index < -0.39 is 6.10 Å². The number of aliphatic hydroxyl groups is 1. The number of unbranched alkanes of at least 4 members (excludes halogenated alkanes) is 22. The molecule has 0 rings (SSSR count). The van der Waals surface area contributed by atoms with Gasteiger partial charge in [-0.3, -0.25) is 9.59 Å². The van der Waals surface area contributed by atoms with Crippen LogP contribution in [0.15, 0.2) is 0 Å². The van der Waals surface area contributed by atoms with E-state index in [0.29, 0.717) is 12.8 Å². The summed E-state index contributed by atoms with van der Waals surface area (Å²) in [6.07, 6.45) is 30.0. The molecule has 0 aliphatic heterocycles. The Bertz CT molecular complexity index is 508. The number of aliphatic hydroxyl groups excluding tert-OH is 1. The fourth-order valence-electron chi connectivity index (χ4n) is 4.79. The Balaban J connectivity index is 3.40. The standard InChI is InChI=1S/C33H64O5/c1-3-5-7-9-11-13-15-16-17-18-20-22-24-26-28-33(36)38-30-31(34)29-37-32(35)27-25-23-21-19-14-12-10-8-6-4-2/h31,34H,3-30H2,1-2H3/t31-/m1/s1. The third-order valence-corrected chi connectivity index (χ3v) is 7.34. The number of carbonyl (C=O) groups excluding carboxylic acids is 2. The van der Waals surface area contributed by atoms with Gasteiger partial charge in [0.1, 0.15) is 19.3 Å². The second-order valence-corrected chi connectivity index (χ2v) is 11.3. The molecule has 0 aromatic rings. The van der Waals surface area contributed by atoms with Crippen LogP contribution in [-0.2, 0) is 19.1 Å². The van der Waals surface area contributed by atoms with Crippen molar-refractivity contribution in [2.45, 2.75) is 187 Å². The highest BCUT2D eigenvalue weighted by atomic mass is 16.6. The number of ether oxygens (including phenoxy) is 2. The molecule has 0 aliphatic rings. The van der Waals surface area contributed by atoms with Gasteiger partial charge in [-0.05, 0) is 12.8 Å². The second kappa shape index (κ2) is 30.4. The van der Waals surface area contributed by atoms with E-state index in [-0.39, 0.29) is 25.2 Å². The number of rotatable bonds is 30. The Morgan fingerprint density at radius 1 is 0.447 bits per heavy atom. The SMILES string of the molecule is CCCCCCCCCCCCCCCCC(=O)OC[C@H](O)COC(=O)CCCCCCCCCCCC. The first-order chi connectivity index (χ1) is 18.6. The van der Waals surface area contributed by atoms with E-state index in [9.17, 15) is 14.7 Å². The minimum absolute atomic E-state index is 0.108. The van der Waals surface area contributed by atoms with Gasteiger partial charge < -0.3 is 14.6 Å². The lowest BCUT2D eigenvalue weighted by Crippen LogP contribution is -2.25. The lowest BCUT2D eigenvalue weighted by Gasteiger charge is -2.12. The van der Waals surface area contributed by atoms with Crippen molar-refractivity contribution in [3.63, 3.8) is 0 Å². The first kappa shape index (κ1) is 36.9. The van der Waals surface area contributed by atoms with Gasteiger partial charge in [-0.1, -0.05) is 155 Å². The fraction of sp³-hybridized carbons (Fsp3) is 0.939. The molecule has 1 N–H and O–H groups in total. The monoisotopic (exact) mass is 540 g/mol. The van der Waals surface area contributed by atoms with Gasteiger partial charge in [-0.15, -0.1) is 0 Å². The summed E-state index contributed by atoms with van der Waals surface area (Å²) in [5.74, 6) is -0.558. The molecule has 0 spiro atoms. The molecule has 0 radical (unpaired) electrons. The van der Waals surface area contributed by atoms with E-state index in [1.807, 2.05) is 0 Å². The topological polar surface area (TPSA) is 72.8 Å². The predicted molar refractivity (Wildman–Crippen MR) is 159 cm³/mol. The Hall–Kier alpha value is -1.10. The largest absolute Gasteiger partial charge is 0.463 e. The minimum atomic E-state index is -0.952. The van der Waals surface area contributed by atoms with Gasteiger partial charge in [0.2, 0.25) is 0 Å². The highest BCUT2D eigenvalue weighted by molar-refractivity contribution is 5.69. The van der Waals surface area contributed by atoms with Crippen LogP contribution in [0.25, 0.3) is 0 Å². The molecular formula is C33H64O5. The van der Waals surface area contributed by atoms with Crippen LogP contribution in [0.3, 0.4) is 0 Å². The van der Waals surface area contributed by atoms with Crippen LogP contribution in [0, 0.1) is 0 Å². The summed E-state index contributed by atoms with van der Waals surface area (Å²) in [7, 11) is 0. The van der Waals surface area contributed by atoms with Crippen molar-refractivity contribution in [3.05, 3.63) is 0 Å². The predicted octanol–water partition coefficient (Wildman–Crippen LogP) is 9.62. The van der Waals surface area contributed by atoms with Crippen LogP contribution < -0.4 is 0 Å². The van der Waals surface area contributed by atoms with E-state index in [0.717, 1.165) is 25.7 Å². The van der Waals surface area contributed by atoms with Crippen molar-refractivity contribution in [1.29, 1.82) is 0 Å². The molecule has 0 heterocycles. The second-order valence-electron chi connectivity index (χ2n) is 11.3. The maximum Gasteiger partial charge on any atom is 0.305 e. The molecule has 0 unspecified atom stereocenters. The van der Waals surface area contributed by atoms with Gasteiger partial charge in [0.25, 0.3) is 0 Å². The lowest BCUT2D eigenvalue weighted by molar-refractivity contribution is -0.152. The average Bonchev–Trinajstić information content (AvgIpc) is 2.92. The highest BCUT2D eigenvalue weighted by Gasteiger charge is 2.12. The molecular weight excluding hydrogens is 476 g/mol. The van der Waals surface area contributed by atoms with Crippen LogP contribution >= 0.6 is 0 Å². The van der Waals surface area contributed by atoms with E-state index in [1.54, 1.807) is 0 Å². The van der Waals surface area contributed by atoms with Crippen molar-refractivity contribution < 1.29 is 24.2 Å². The van der Waals surface area contributed by atoms with Gasteiger partial charge in [-0.2, -0.15) is 0 Å². The Kier molecular flexibility index (Phi) is 29.6. The van der Waals surface area contributed by atoms with E-state index in [4.69, 9.17) is 9.47 Å². The Morgan fingerprint density at radius 2 is 0.684 bits per heavy atom. The zero-order valence-corrected chi connectivity index (χ0v) is 25.5. The summed E-state index contributed by atoms with van der Waals surface area (Å²) >= 11 is 0. The van der Waals surface area contributed by atoms with Gasteiger partial charge in [0.15, 0.2) is 0 Å². The van der Waals surface area contributed by atoms with Crippen LogP contribution in [0.4, 0.5) is 0 Å². The first-order valence-corrected chi connectivity index (χ1v) is 16.6. The average molecular weight is 541 g/mol. The molecule has 0 saturated carbocycles. The number of hydrogen-bond donors (Lipinski definition) is 1. The van der Waals surface area contributed by atoms with Crippen LogP contribution in [-0.4, -0.2) is 36.4 Å². The Morgan fingerprint density at radius 3 is 0.947 bits per heavy atom. The maximum absolute atomic E-state index is 11.9. The maximum atomic E-state index is 11.9. The molecule has 5 nitrogen and oxygen atoms in total. The van der Waals surface area contributed by atoms with Gasteiger partial charge in [-0.25, -0.2) is 0 Å². The van der Waals surface area contributed by atoms with E-state index >= 15 is 0 Å². The van der Waals surface area contributed by atoms with Crippen molar-refractivity contribution >= 4 is 11.9 Å². The van der Waals surface area contributed by atoms with E-state index in [2.05, 4.69) is 13.8 Å². The van der Waals surface area contributed by atoms with Crippen molar-refractivity contribution in [1.82, 2.24) is 0 Å². The third kappa shape index (κ3) is 29.5. The molecule has 5 heteroatoms. The van der Waals surface area contributed by atoms with Gasteiger partial charge in [0.05, 0.1) is 0 Å². The summed E-state index contributed by atoms with van der Waals surface area (Å²) in [6, 6.07) is 0. The summed E-state index contributed by atoms with van der Waals surface area (Å²) in [6.45, 7) is 4.29. The molecule has 0 aliphatic carbocycles. The fourth-order valence-corrected chi connectivity index (χ4v) is 4.79. The summed E-state index contributed by atoms with van der Waals surface area (Å²) in [5, 5.41) is 9.93. The summed E-state index contributed by atoms with van der Waals surface area (Å²) < 4.78 is 10.3. The molecule has 0 fully saturated rings. The van der Waals surface area contributed by atoms with Crippen molar-refractivity contribution in [2.24, 2.45) is 0 Å². The molecule has 1 atom stereocenters. The zero-order valence-electron chi connectivity index (χ0n) is 25.5. The smallest absolute Gasteiger partial charge is 0.305 e. The third-order valence-electron chi connectivity index (χ3n) is 7.34. The minimum Gasteiger partial charge on any atom is -0.463 e. The molecule has 38 heavy (non-hydrogen) atoms. The molecule has 226 valence electrons. The zero-order chi connectivity index (χ0) is 27.9. The van der Waals surface area contributed by atoms with Crippen LogP contribution in [0.2, 0.25) is 0 Å². The normalized spacial score (nSPS) is 12.0. The van der Waals surface area contributed by atoms with E-state index in [1.165, 1.54) is 128 Å². The quantitative estimate of drug-likeness (QED) is 0.0725. The van der Waals surface area contributed by atoms with Crippen molar-refractivity contribution in [2.75, 3.05) is 13.2 Å².